The van der Waals surface area contributed by atoms with Gasteiger partial charge in [-0.3, -0.25) is 0 Å². The molecular formula is C11H13N. The van der Waals surface area contributed by atoms with Crippen molar-refractivity contribution in [3.8, 4) is 0 Å². The second-order valence-corrected chi connectivity index (χ2v) is 3.23. The van der Waals surface area contributed by atoms with Crippen molar-refractivity contribution in [2.75, 3.05) is 7.05 Å². The van der Waals surface area contributed by atoms with Crippen LogP contribution in [0.25, 0.3) is 0 Å². The lowest BCUT2D eigenvalue weighted by Crippen LogP contribution is -2.16. The first-order valence-corrected chi connectivity index (χ1v) is 4.30. The fourth-order valence-electron chi connectivity index (χ4n) is 1.61. The molecule has 2 aliphatic rings. The molecule has 0 saturated carbocycles. The molecule has 12 heavy (non-hydrogen) atoms. The van der Waals surface area contributed by atoms with E-state index in [2.05, 4.69) is 35.9 Å². The topological polar surface area (TPSA) is 3.24 Å². The summed E-state index contributed by atoms with van der Waals surface area (Å²) in [4.78, 5) is 2.06. The Balaban J connectivity index is 2.44. The van der Waals surface area contributed by atoms with Crippen molar-refractivity contribution < 1.29 is 0 Å². The number of fused-ring (bicyclic) bond motifs is 1. The molecule has 0 N–H and O–H groups in total. The van der Waals surface area contributed by atoms with Gasteiger partial charge in [0.2, 0.25) is 0 Å². The van der Waals surface area contributed by atoms with Gasteiger partial charge in [-0.15, -0.1) is 0 Å². The molecule has 2 rings (SSSR count). The van der Waals surface area contributed by atoms with Crippen LogP contribution in [0.2, 0.25) is 0 Å². The largest absolute Gasteiger partial charge is 0.351 e. The molecule has 1 heterocycles. The van der Waals surface area contributed by atoms with Crippen molar-refractivity contribution in [3.63, 3.8) is 0 Å². The number of hydrogen-bond donors (Lipinski definition) is 0. The van der Waals surface area contributed by atoms with E-state index in [-0.39, 0.29) is 0 Å². The Labute approximate surface area is 73.4 Å². The van der Waals surface area contributed by atoms with Gasteiger partial charge in [0.25, 0.3) is 0 Å². The number of allylic oxidation sites excluding steroid dienone is 4. The van der Waals surface area contributed by atoms with Crippen LogP contribution in [0.5, 0.6) is 0 Å². The molecule has 0 amide bonds. The Morgan fingerprint density at radius 3 is 2.92 bits per heavy atom. The van der Waals surface area contributed by atoms with Crippen LogP contribution in [0, 0.1) is 0 Å². The molecule has 0 aromatic rings. The fourth-order valence-corrected chi connectivity index (χ4v) is 1.61. The summed E-state index contributed by atoms with van der Waals surface area (Å²) in [5, 5.41) is 0. The quantitative estimate of drug-likeness (QED) is 0.525. The first-order valence-electron chi connectivity index (χ1n) is 4.30. The summed E-state index contributed by atoms with van der Waals surface area (Å²) >= 11 is 0. The summed E-state index contributed by atoms with van der Waals surface area (Å²) in [6.07, 6.45) is 11.1. The standard InChI is InChI=1S/C11H13N/c1-9-11-6-4-3-5-10(11)7-8-12(9)2/h5-8H,1,3-4H2,2H3. The van der Waals surface area contributed by atoms with Crippen molar-refractivity contribution in [1.82, 2.24) is 4.90 Å². The monoisotopic (exact) mass is 159 g/mol. The summed E-state index contributed by atoms with van der Waals surface area (Å²) < 4.78 is 0. The molecule has 0 radical (unpaired) electrons. The van der Waals surface area contributed by atoms with Gasteiger partial charge in [0, 0.05) is 24.5 Å². The SMILES string of the molecule is C=C1C2=CCCC=C2C=CN1C. The molecule has 1 aliphatic carbocycles. The van der Waals surface area contributed by atoms with Crippen molar-refractivity contribution in [2.45, 2.75) is 12.8 Å². The predicted molar refractivity (Wildman–Crippen MR) is 51.4 cm³/mol. The highest BCUT2D eigenvalue weighted by molar-refractivity contribution is 5.54. The Bertz CT molecular complexity index is 305. The van der Waals surface area contributed by atoms with Gasteiger partial charge in [0.15, 0.2) is 0 Å². The summed E-state index contributed by atoms with van der Waals surface area (Å²) in [5.41, 5.74) is 3.76. The molecular weight excluding hydrogens is 146 g/mol. The van der Waals surface area contributed by atoms with Crippen molar-refractivity contribution in [1.29, 1.82) is 0 Å². The highest BCUT2D eigenvalue weighted by Gasteiger charge is 2.15. The maximum Gasteiger partial charge on any atom is 0.0406 e. The van der Waals surface area contributed by atoms with Gasteiger partial charge in [-0.05, 0) is 24.5 Å². The summed E-state index contributed by atoms with van der Waals surface area (Å²) in [5.74, 6) is 0. The highest BCUT2D eigenvalue weighted by Crippen LogP contribution is 2.30. The molecule has 1 heteroatoms. The number of rotatable bonds is 0. The zero-order valence-electron chi connectivity index (χ0n) is 7.38. The van der Waals surface area contributed by atoms with E-state index in [0.717, 1.165) is 12.1 Å². The maximum atomic E-state index is 4.05. The minimum Gasteiger partial charge on any atom is -0.351 e. The van der Waals surface area contributed by atoms with Crippen LogP contribution < -0.4 is 0 Å². The van der Waals surface area contributed by atoms with Crippen molar-refractivity contribution in [3.05, 3.63) is 47.9 Å². The van der Waals surface area contributed by atoms with Crippen molar-refractivity contribution >= 4 is 0 Å². The normalized spacial score (nSPS) is 21.8. The van der Waals surface area contributed by atoms with E-state index in [4.69, 9.17) is 0 Å². The summed E-state index contributed by atoms with van der Waals surface area (Å²) in [6.45, 7) is 4.05. The van der Waals surface area contributed by atoms with Gasteiger partial charge in [-0.25, -0.2) is 0 Å². The van der Waals surface area contributed by atoms with Gasteiger partial charge < -0.3 is 4.90 Å². The van der Waals surface area contributed by atoms with Crippen LogP contribution in [-0.4, -0.2) is 11.9 Å². The lowest BCUT2D eigenvalue weighted by atomic mass is 9.93. The molecule has 0 aromatic heterocycles. The number of likely N-dealkylation sites (N-methyl/N-ethyl adjacent to an activating group) is 1. The van der Waals surface area contributed by atoms with Crippen LogP contribution in [-0.2, 0) is 0 Å². The zero-order chi connectivity index (χ0) is 8.55. The first-order chi connectivity index (χ1) is 5.79. The molecule has 0 fully saturated rings. The van der Waals surface area contributed by atoms with E-state index in [9.17, 15) is 0 Å². The lowest BCUT2D eigenvalue weighted by molar-refractivity contribution is 0.572. The van der Waals surface area contributed by atoms with Crippen molar-refractivity contribution in [2.24, 2.45) is 0 Å². The van der Waals surface area contributed by atoms with Crippen LogP contribution in [0.3, 0.4) is 0 Å². The Kier molecular flexibility index (Phi) is 1.65. The van der Waals surface area contributed by atoms with Gasteiger partial charge >= 0.3 is 0 Å². The third-order valence-corrected chi connectivity index (χ3v) is 2.40. The molecule has 1 nitrogen and oxygen atoms in total. The van der Waals surface area contributed by atoms with Crippen LogP contribution >= 0.6 is 0 Å². The first kappa shape index (κ1) is 7.41. The molecule has 0 unspecified atom stereocenters. The van der Waals surface area contributed by atoms with E-state index >= 15 is 0 Å². The molecule has 0 aromatic carbocycles. The Hall–Kier alpha value is -1.24. The summed E-state index contributed by atoms with van der Waals surface area (Å²) in [6, 6.07) is 0. The van der Waals surface area contributed by atoms with Crippen LogP contribution in [0.1, 0.15) is 12.8 Å². The van der Waals surface area contributed by atoms with Gasteiger partial charge in [-0.2, -0.15) is 0 Å². The second kappa shape index (κ2) is 2.67. The van der Waals surface area contributed by atoms with E-state index in [1.807, 2.05) is 7.05 Å². The average molecular weight is 159 g/mol. The Morgan fingerprint density at radius 2 is 2.08 bits per heavy atom. The minimum absolute atomic E-state index is 1.11. The molecule has 0 spiro atoms. The molecule has 0 saturated heterocycles. The zero-order valence-corrected chi connectivity index (χ0v) is 7.38. The van der Waals surface area contributed by atoms with E-state index in [0.29, 0.717) is 0 Å². The molecule has 0 bridgehead atoms. The number of hydrogen-bond acceptors (Lipinski definition) is 1. The van der Waals surface area contributed by atoms with E-state index in [1.165, 1.54) is 17.6 Å². The predicted octanol–water partition coefficient (Wildman–Crippen LogP) is 2.61. The number of nitrogens with zero attached hydrogens (tertiary/aromatic N) is 1. The highest BCUT2D eigenvalue weighted by atomic mass is 15.1. The molecule has 0 atom stereocenters. The van der Waals surface area contributed by atoms with Gasteiger partial charge in [0.05, 0.1) is 0 Å². The minimum atomic E-state index is 1.11. The van der Waals surface area contributed by atoms with Gasteiger partial charge in [0.1, 0.15) is 0 Å². The molecule has 62 valence electrons. The smallest absolute Gasteiger partial charge is 0.0406 e. The summed E-state index contributed by atoms with van der Waals surface area (Å²) in [7, 11) is 2.03. The van der Waals surface area contributed by atoms with E-state index < -0.39 is 0 Å². The third-order valence-electron chi connectivity index (χ3n) is 2.40. The van der Waals surface area contributed by atoms with Crippen LogP contribution in [0.15, 0.2) is 47.9 Å². The fraction of sp³-hybridized carbons (Fsp3) is 0.273. The second-order valence-electron chi connectivity index (χ2n) is 3.23. The van der Waals surface area contributed by atoms with Gasteiger partial charge in [-0.1, -0.05) is 18.7 Å². The maximum absolute atomic E-state index is 4.05. The average Bonchev–Trinajstić information content (AvgIpc) is 2.12. The Morgan fingerprint density at radius 1 is 1.33 bits per heavy atom. The van der Waals surface area contributed by atoms with E-state index in [1.54, 1.807) is 0 Å². The third kappa shape index (κ3) is 1.02. The van der Waals surface area contributed by atoms with Crippen LogP contribution in [0.4, 0.5) is 0 Å². The molecule has 1 aliphatic heterocycles. The lowest BCUT2D eigenvalue weighted by Gasteiger charge is -2.27.